The molecule has 1 fully saturated rings. The standard InChI is InChI=1S/C14H28N2O/c1-10(2)12(11(3)4)9-16-14(17)13-7-5-6-8-15-13/h10-13,15H,5-9H2,1-4H3,(H,16,17)/t13-/m1/s1. The van der Waals surface area contributed by atoms with Crippen molar-refractivity contribution < 1.29 is 4.79 Å². The molecule has 3 nitrogen and oxygen atoms in total. The predicted octanol–water partition coefficient (Wildman–Crippen LogP) is 2.17. The number of piperidine rings is 1. The van der Waals surface area contributed by atoms with E-state index in [1.165, 1.54) is 12.8 Å². The minimum Gasteiger partial charge on any atom is -0.354 e. The number of rotatable bonds is 5. The third-order valence-corrected chi connectivity index (χ3v) is 3.85. The lowest BCUT2D eigenvalue weighted by Crippen LogP contribution is -2.48. The lowest BCUT2D eigenvalue weighted by molar-refractivity contribution is -0.124. The van der Waals surface area contributed by atoms with Gasteiger partial charge in [0.15, 0.2) is 0 Å². The third kappa shape index (κ3) is 4.66. The maximum absolute atomic E-state index is 12.0. The molecule has 17 heavy (non-hydrogen) atoms. The Morgan fingerprint density at radius 2 is 1.88 bits per heavy atom. The van der Waals surface area contributed by atoms with Crippen molar-refractivity contribution in [2.75, 3.05) is 13.1 Å². The van der Waals surface area contributed by atoms with Gasteiger partial charge in [-0.2, -0.15) is 0 Å². The van der Waals surface area contributed by atoms with Crippen LogP contribution in [-0.2, 0) is 4.79 Å². The predicted molar refractivity (Wildman–Crippen MR) is 71.8 cm³/mol. The van der Waals surface area contributed by atoms with Crippen molar-refractivity contribution in [1.82, 2.24) is 10.6 Å². The van der Waals surface area contributed by atoms with Gasteiger partial charge in [-0.05, 0) is 37.1 Å². The van der Waals surface area contributed by atoms with Gasteiger partial charge in [0.1, 0.15) is 0 Å². The zero-order chi connectivity index (χ0) is 12.8. The lowest BCUT2D eigenvalue weighted by Gasteiger charge is -2.27. The van der Waals surface area contributed by atoms with Crippen LogP contribution in [0, 0.1) is 17.8 Å². The fraction of sp³-hybridized carbons (Fsp3) is 0.929. The van der Waals surface area contributed by atoms with Crippen LogP contribution in [0.4, 0.5) is 0 Å². The quantitative estimate of drug-likeness (QED) is 0.773. The van der Waals surface area contributed by atoms with Crippen molar-refractivity contribution >= 4 is 5.91 Å². The highest BCUT2D eigenvalue weighted by molar-refractivity contribution is 5.81. The molecule has 0 saturated carbocycles. The highest BCUT2D eigenvalue weighted by atomic mass is 16.2. The Kier molecular flexibility index (Phi) is 5.96. The van der Waals surface area contributed by atoms with E-state index in [4.69, 9.17) is 0 Å². The molecule has 0 radical (unpaired) electrons. The van der Waals surface area contributed by atoms with Crippen LogP contribution < -0.4 is 10.6 Å². The first-order valence-corrected chi connectivity index (χ1v) is 7.03. The van der Waals surface area contributed by atoms with Crippen molar-refractivity contribution in [3.63, 3.8) is 0 Å². The van der Waals surface area contributed by atoms with Gasteiger partial charge in [-0.3, -0.25) is 4.79 Å². The second-order valence-electron chi connectivity index (χ2n) is 5.90. The molecule has 100 valence electrons. The average Bonchev–Trinajstić information content (AvgIpc) is 2.29. The first kappa shape index (κ1) is 14.5. The second-order valence-corrected chi connectivity index (χ2v) is 5.90. The van der Waals surface area contributed by atoms with E-state index >= 15 is 0 Å². The van der Waals surface area contributed by atoms with E-state index in [2.05, 4.69) is 38.3 Å². The largest absolute Gasteiger partial charge is 0.354 e. The smallest absolute Gasteiger partial charge is 0.237 e. The van der Waals surface area contributed by atoms with Gasteiger partial charge in [0.25, 0.3) is 0 Å². The summed E-state index contributed by atoms with van der Waals surface area (Å²) in [7, 11) is 0. The van der Waals surface area contributed by atoms with Crippen LogP contribution in [0.1, 0.15) is 47.0 Å². The van der Waals surface area contributed by atoms with Crippen LogP contribution in [0.15, 0.2) is 0 Å². The Morgan fingerprint density at radius 3 is 2.35 bits per heavy atom. The molecule has 0 unspecified atom stereocenters. The van der Waals surface area contributed by atoms with E-state index in [0.717, 1.165) is 19.5 Å². The molecule has 2 N–H and O–H groups in total. The Hall–Kier alpha value is -0.570. The van der Waals surface area contributed by atoms with E-state index < -0.39 is 0 Å². The maximum Gasteiger partial charge on any atom is 0.237 e. The molecular formula is C14H28N2O. The summed E-state index contributed by atoms with van der Waals surface area (Å²) in [5.41, 5.74) is 0. The van der Waals surface area contributed by atoms with Gasteiger partial charge in [-0.1, -0.05) is 34.1 Å². The van der Waals surface area contributed by atoms with Crippen LogP contribution in [0.25, 0.3) is 0 Å². The van der Waals surface area contributed by atoms with Crippen molar-refractivity contribution in [3.8, 4) is 0 Å². The zero-order valence-corrected chi connectivity index (χ0v) is 11.8. The van der Waals surface area contributed by atoms with Crippen molar-refractivity contribution in [3.05, 3.63) is 0 Å². The molecule has 1 aliphatic rings. The highest BCUT2D eigenvalue weighted by Gasteiger charge is 2.23. The zero-order valence-electron chi connectivity index (χ0n) is 11.8. The molecule has 3 heteroatoms. The van der Waals surface area contributed by atoms with Crippen LogP contribution in [0.2, 0.25) is 0 Å². The van der Waals surface area contributed by atoms with Crippen LogP contribution >= 0.6 is 0 Å². The van der Waals surface area contributed by atoms with Gasteiger partial charge in [0.05, 0.1) is 6.04 Å². The number of amides is 1. The van der Waals surface area contributed by atoms with Crippen LogP contribution in [0.3, 0.4) is 0 Å². The summed E-state index contributed by atoms with van der Waals surface area (Å²) < 4.78 is 0. The number of hydrogen-bond donors (Lipinski definition) is 2. The summed E-state index contributed by atoms with van der Waals surface area (Å²) in [5.74, 6) is 2.00. The normalized spacial score (nSPS) is 21.2. The van der Waals surface area contributed by atoms with Crippen molar-refractivity contribution in [2.45, 2.75) is 53.0 Å². The van der Waals surface area contributed by atoms with Crippen LogP contribution in [-0.4, -0.2) is 25.0 Å². The molecule has 1 heterocycles. The van der Waals surface area contributed by atoms with Crippen molar-refractivity contribution in [2.24, 2.45) is 17.8 Å². The molecule has 0 aromatic rings. The lowest BCUT2D eigenvalue weighted by atomic mass is 9.85. The van der Waals surface area contributed by atoms with Crippen LogP contribution in [0.5, 0.6) is 0 Å². The van der Waals surface area contributed by atoms with E-state index in [1.54, 1.807) is 0 Å². The summed E-state index contributed by atoms with van der Waals surface area (Å²) in [4.78, 5) is 12.0. The van der Waals surface area contributed by atoms with Gasteiger partial charge in [-0.25, -0.2) is 0 Å². The van der Waals surface area contributed by atoms with Gasteiger partial charge in [0, 0.05) is 6.54 Å². The van der Waals surface area contributed by atoms with Gasteiger partial charge in [-0.15, -0.1) is 0 Å². The van der Waals surface area contributed by atoms with E-state index in [1.807, 2.05) is 0 Å². The SMILES string of the molecule is CC(C)C(CNC(=O)[C@H]1CCCCN1)C(C)C. The minimum atomic E-state index is 0.0451. The summed E-state index contributed by atoms with van der Waals surface area (Å²) in [6.07, 6.45) is 3.35. The first-order valence-electron chi connectivity index (χ1n) is 7.03. The van der Waals surface area contributed by atoms with Crippen molar-refractivity contribution in [1.29, 1.82) is 0 Å². The third-order valence-electron chi connectivity index (χ3n) is 3.85. The Balaban J connectivity index is 2.35. The molecule has 1 rings (SSSR count). The number of carbonyl (C=O) groups excluding carboxylic acids is 1. The molecule has 0 spiro atoms. The second kappa shape index (κ2) is 7.00. The van der Waals surface area contributed by atoms with E-state index in [0.29, 0.717) is 17.8 Å². The molecule has 1 atom stereocenters. The van der Waals surface area contributed by atoms with Gasteiger partial charge < -0.3 is 10.6 Å². The minimum absolute atomic E-state index is 0.0451. The molecule has 0 bridgehead atoms. The molecule has 1 saturated heterocycles. The summed E-state index contributed by atoms with van der Waals surface area (Å²) in [6, 6.07) is 0.0451. The first-order chi connectivity index (χ1) is 8.02. The summed E-state index contributed by atoms with van der Waals surface area (Å²) >= 11 is 0. The Bertz CT molecular complexity index is 224. The monoisotopic (exact) mass is 240 g/mol. The number of carbonyl (C=O) groups is 1. The van der Waals surface area contributed by atoms with E-state index in [9.17, 15) is 4.79 Å². The molecule has 1 aliphatic heterocycles. The molecule has 0 aliphatic carbocycles. The molecule has 1 amide bonds. The van der Waals surface area contributed by atoms with E-state index in [-0.39, 0.29) is 11.9 Å². The fourth-order valence-electron chi connectivity index (χ4n) is 2.66. The average molecular weight is 240 g/mol. The highest BCUT2D eigenvalue weighted by Crippen LogP contribution is 2.19. The molecular weight excluding hydrogens is 212 g/mol. The molecule has 0 aromatic heterocycles. The topological polar surface area (TPSA) is 41.1 Å². The number of hydrogen-bond acceptors (Lipinski definition) is 2. The fourth-order valence-corrected chi connectivity index (χ4v) is 2.66. The summed E-state index contributed by atoms with van der Waals surface area (Å²) in [5, 5.41) is 6.40. The van der Waals surface area contributed by atoms with Gasteiger partial charge >= 0.3 is 0 Å². The summed E-state index contributed by atoms with van der Waals surface area (Å²) in [6.45, 7) is 10.7. The van der Waals surface area contributed by atoms with Gasteiger partial charge in [0.2, 0.25) is 5.91 Å². The maximum atomic E-state index is 12.0. The molecule has 0 aromatic carbocycles. The Labute approximate surface area is 106 Å². The number of nitrogens with one attached hydrogen (secondary N) is 2. The Morgan fingerprint density at radius 1 is 1.24 bits per heavy atom.